The zero-order valence-corrected chi connectivity index (χ0v) is 12.0. The second-order valence-electron chi connectivity index (χ2n) is 4.75. The van der Waals surface area contributed by atoms with E-state index in [-0.39, 0.29) is 18.9 Å². The minimum atomic E-state index is -4.59. The summed E-state index contributed by atoms with van der Waals surface area (Å²) in [6.07, 6.45) is -5.57. The van der Waals surface area contributed by atoms with Gasteiger partial charge in [-0.25, -0.2) is 0 Å². The van der Waals surface area contributed by atoms with E-state index < -0.39 is 30.6 Å². The van der Waals surface area contributed by atoms with E-state index in [0.717, 1.165) is 19.8 Å². The minimum absolute atomic E-state index is 0.223. The molecule has 2 unspecified atom stereocenters. The standard InChI is InChI=1S/C13H21F3O4/c1-4-5-9(2)8-19-11(17)6-7-12(18)20-10(3)13(14,15)16/h9-10H,4-8H2,1-3H3. The average Bonchev–Trinajstić information content (AvgIpc) is 2.33. The largest absolute Gasteiger partial charge is 0.465 e. The summed E-state index contributed by atoms with van der Waals surface area (Å²) in [6, 6.07) is 0. The number of rotatable bonds is 8. The number of esters is 2. The summed E-state index contributed by atoms with van der Waals surface area (Å²) in [6.45, 7) is 4.93. The molecule has 0 fully saturated rings. The number of hydrogen-bond acceptors (Lipinski definition) is 4. The Morgan fingerprint density at radius 1 is 1.10 bits per heavy atom. The monoisotopic (exact) mass is 298 g/mol. The number of ether oxygens (including phenoxy) is 2. The van der Waals surface area contributed by atoms with E-state index in [9.17, 15) is 22.8 Å². The van der Waals surface area contributed by atoms with Crippen LogP contribution in [0, 0.1) is 5.92 Å². The highest BCUT2D eigenvalue weighted by Crippen LogP contribution is 2.22. The third-order valence-electron chi connectivity index (χ3n) is 2.61. The average molecular weight is 298 g/mol. The molecule has 0 aliphatic carbocycles. The zero-order chi connectivity index (χ0) is 15.8. The second kappa shape index (κ2) is 8.81. The smallest absolute Gasteiger partial charge is 0.425 e. The molecular formula is C13H21F3O4. The van der Waals surface area contributed by atoms with E-state index in [0.29, 0.717) is 0 Å². The molecule has 0 aromatic heterocycles. The zero-order valence-electron chi connectivity index (χ0n) is 12.0. The molecular weight excluding hydrogens is 277 g/mol. The lowest BCUT2D eigenvalue weighted by Gasteiger charge is -2.16. The Morgan fingerprint density at radius 3 is 2.15 bits per heavy atom. The first-order valence-corrected chi connectivity index (χ1v) is 6.58. The van der Waals surface area contributed by atoms with E-state index >= 15 is 0 Å². The van der Waals surface area contributed by atoms with Crippen LogP contribution in [0.3, 0.4) is 0 Å². The van der Waals surface area contributed by atoms with Gasteiger partial charge in [0.2, 0.25) is 0 Å². The van der Waals surface area contributed by atoms with Gasteiger partial charge in [-0.1, -0.05) is 20.3 Å². The lowest BCUT2D eigenvalue weighted by Crippen LogP contribution is -2.31. The first-order chi connectivity index (χ1) is 9.16. The number of halogens is 3. The van der Waals surface area contributed by atoms with Crippen LogP contribution in [0.1, 0.15) is 46.5 Å². The summed E-state index contributed by atoms with van der Waals surface area (Å²) in [4.78, 5) is 22.4. The molecule has 0 bridgehead atoms. The minimum Gasteiger partial charge on any atom is -0.465 e. The topological polar surface area (TPSA) is 52.6 Å². The maximum atomic E-state index is 12.1. The highest BCUT2D eigenvalue weighted by molar-refractivity contribution is 5.77. The van der Waals surface area contributed by atoms with E-state index in [2.05, 4.69) is 4.74 Å². The van der Waals surface area contributed by atoms with E-state index in [1.807, 2.05) is 13.8 Å². The van der Waals surface area contributed by atoms with Gasteiger partial charge in [0.1, 0.15) is 0 Å². The van der Waals surface area contributed by atoms with Crippen molar-refractivity contribution in [2.24, 2.45) is 5.92 Å². The van der Waals surface area contributed by atoms with Gasteiger partial charge in [0.15, 0.2) is 6.10 Å². The molecule has 0 rings (SSSR count). The molecule has 0 radical (unpaired) electrons. The van der Waals surface area contributed by atoms with E-state index in [4.69, 9.17) is 4.74 Å². The molecule has 0 aliphatic rings. The van der Waals surface area contributed by atoms with Gasteiger partial charge in [0.05, 0.1) is 19.4 Å². The van der Waals surface area contributed by atoms with Crippen molar-refractivity contribution in [1.82, 2.24) is 0 Å². The van der Waals surface area contributed by atoms with Crippen LogP contribution < -0.4 is 0 Å². The Kier molecular flexibility index (Phi) is 8.25. The number of carbonyl (C=O) groups is 2. The van der Waals surface area contributed by atoms with Crippen molar-refractivity contribution in [1.29, 1.82) is 0 Å². The highest BCUT2D eigenvalue weighted by Gasteiger charge is 2.39. The summed E-state index contributed by atoms with van der Waals surface area (Å²) in [5, 5.41) is 0. The van der Waals surface area contributed by atoms with Crippen molar-refractivity contribution >= 4 is 11.9 Å². The predicted molar refractivity (Wildman–Crippen MR) is 65.9 cm³/mol. The number of alkyl halides is 3. The van der Waals surface area contributed by atoms with Crippen molar-refractivity contribution in [3.05, 3.63) is 0 Å². The van der Waals surface area contributed by atoms with Crippen LogP contribution in [-0.4, -0.2) is 30.8 Å². The van der Waals surface area contributed by atoms with Gasteiger partial charge in [-0.05, 0) is 19.3 Å². The highest BCUT2D eigenvalue weighted by atomic mass is 19.4. The first-order valence-electron chi connectivity index (χ1n) is 6.58. The van der Waals surface area contributed by atoms with Gasteiger partial charge in [0.25, 0.3) is 0 Å². The van der Waals surface area contributed by atoms with Crippen molar-refractivity contribution < 1.29 is 32.2 Å². The lowest BCUT2D eigenvalue weighted by atomic mass is 10.1. The van der Waals surface area contributed by atoms with Crippen molar-refractivity contribution in [3.63, 3.8) is 0 Å². The molecule has 118 valence electrons. The molecule has 4 nitrogen and oxygen atoms in total. The Morgan fingerprint density at radius 2 is 1.65 bits per heavy atom. The molecule has 20 heavy (non-hydrogen) atoms. The van der Waals surface area contributed by atoms with Crippen LogP contribution in [0.15, 0.2) is 0 Å². The molecule has 0 heterocycles. The second-order valence-corrected chi connectivity index (χ2v) is 4.75. The Bertz CT molecular complexity index is 315. The summed E-state index contributed by atoms with van der Waals surface area (Å²) in [5.74, 6) is -1.45. The van der Waals surface area contributed by atoms with Crippen LogP contribution in [0.4, 0.5) is 13.2 Å². The SMILES string of the molecule is CCCC(C)COC(=O)CCC(=O)OC(C)C(F)(F)F. The van der Waals surface area contributed by atoms with Gasteiger partial charge >= 0.3 is 18.1 Å². The van der Waals surface area contributed by atoms with Gasteiger partial charge in [0, 0.05) is 0 Å². The molecule has 0 saturated heterocycles. The normalized spacial score (nSPS) is 14.5. The van der Waals surface area contributed by atoms with Crippen molar-refractivity contribution in [2.45, 2.75) is 58.7 Å². The third-order valence-corrected chi connectivity index (χ3v) is 2.61. The van der Waals surface area contributed by atoms with Crippen LogP contribution in [-0.2, 0) is 19.1 Å². The van der Waals surface area contributed by atoms with Crippen molar-refractivity contribution in [3.8, 4) is 0 Å². The molecule has 2 atom stereocenters. The summed E-state index contributed by atoms with van der Waals surface area (Å²) in [5.41, 5.74) is 0. The molecule has 0 amide bonds. The Labute approximate surface area is 116 Å². The fourth-order valence-electron chi connectivity index (χ4n) is 1.41. The van der Waals surface area contributed by atoms with Crippen LogP contribution in [0.25, 0.3) is 0 Å². The van der Waals surface area contributed by atoms with Crippen molar-refractivity contribution in [2.75, 3.05) is 6.61 Å². The maximum absolute atomic E-state index is 12.1. The van der Waals surface area contributed by atoms with Crippen LogP contribution >= 0.6 is 0 Å². The van der Waals surface area contributed by atoms with E-state index in [1.165, 1.54) is 0 Å². The van der Waals surface area contributed by atoms with Crippen LogP contribution in [0.5, 0.6) is 0 Å². The van der Waals surface area contributed by atoms with Gasteiger partial charge in [-0.15, -0.1) is 0 Å². The molecule has 0 N–H and O–H groups in total. The molecule has 7 heteroatoms. The Hall–Kier alpha value is -1.27. The quantitative estimate of drug-likeness (QED) is 0.646. The van der Waals surface area contributed by atoms with Gasteiger partial charge in [-0.2, -0.15) is 13.2 Å². The first kappa shape index (κ1) is 18.7. The molecule has 0 aliphatic heterocycles. The fraction of sp³-hybridized carbons (Fsp3) is 0.846. The molecule has 0 saturated carbocycles. The number of hydrogen-bond donors (Lipinski definition) is 0. The summed E-state index contributed by atoms with van der Waals surface area (Å²) >= 11 is 0. The predicted octanol–water partition coefficient (Wildman–Crippen LogP) is 3.24. The third kappa shape index (κ3) is 8.77. The fourth-order valence-corrected chi connectivity index (χ4v) is 1.41. The van der Waals surface area contributed by atoms with Gasteiger partial charge < -0.3 is 9.47 Å². The number of carbonyl (C=O) groups excluding carboxylic acids is 2. The Balaban J connectivity index is 3.87. The maximum Gasteiger partial charge on any atom is 0.425 e. The van der Waals surface area contributed by atoms with E-state index in [1.54, 1.807) is 0 Å². The van der Waals surface area contributed by atoms with Gasteiger partial charge in [-0.3, -0.25) is 9.59 Å². The summed E-state index contributed by atoms with van der Waals surface area (Å²) < 4.78 is 45.4. The molecule has 0 aromatic rings. The summed E-state index contributed by atoms with van der Waals surface area (Å²) in [7, 11) is 0. The lowest BCUT2D eigenvalue weighted by molar-refractivity contribution is -0.216. The molecule has 0 spiro atoms. The molecule has 0 aromatic carbocycles. The van der Waals surface area contributed by atoms with Crippen LogP contribution in [0.2, 0.25) is 0 Å².